The topological polar surface area (TPSA) is 64.6 Å². The monoisotopic (exact) mass is 392 g/mol. The fourth-order valence-corrected chi connectivity index (χ4v) is 3.86. The number of nitrogens with one attached hydrogen (secondary N) is 1. The lowest BCUT2D eigenvalue weighted by Gasteiger charge is -2.22. The summed E-state index contributed by atoms with van der Waals surface area (Å²) in [7, 11) is -2.23. The first-order chi connectivity index (χ1) is 13.1. The van der Waals surface area contributed by atoms with Crippen LogP contribution in [-0.2, 0) is 14.1 Å². The van der Waals surface area contributed by atoms with Crippen molar-refractivity contribution < 1.29 is 20.0 Å². The zero-order valence-corrected chi connectivity index (χ0v) is 17.2. The summed E-state index contributed by atoms with van der Waals surface area (Å²) in [5.74, 6) is 0.149. The van der Waals surface area contributed by atoms with Crippen LogP contribution in [0, 0.1) is 0 Å². The predicted octanol–water partition coefficient (Wildman–Crippen LogP) is 6.00. The van der Waals surface area contributed by atoms with E-state index in [-0.39, 0.29) is 13.5 Å². The van der Waals surface area contributed by atoms with Gasteiger partial charge in [-0.05, 0) is 44.1 Å². The first-order valence-corrected chi connectivity index (χ1v) is 10.9. The maximum absolute atomic E-state index is 12.3. The van der Waals surface area contributed by atoms with Gasteiger partial charge in [-0.1, -0.05) is 61.8 Å². The molecule has 0 amide bonds. The minimum Gasteiger partial charge on any atom is -0.461 e. The number of esters is 1. The van der Waals surface area contributed by atoms with E-state index in [2.05, 4.69) is 5.09 Å². The third-order valence-corrected chi connectivity index (χ3v) is 5.38. The molecular weight excluding hydrogens is 361 g/mol. The van der Waals surface area contributed by atoms with Crippen LogP contribution in [0.5, 0.6) is 5.75 Å². The molecule has 27 heavy (non-hydrogen) atoms. The van der Waals surface area contributed by atoms with Crippen LogP contribution in [0.2, 0.25) is 0 Å². The Morgan fingerprint density at radius 2 is 1.78 bits per heavy atom. The molecule has 0 saturated heterocycles. The van der Waals surface area contributed by atoms with Crippen LogP contribution in [0.3, 0.4) is 0 Å². The molecule has 1 N–H and O–H groups in total. The van der Waals surface area contributed by atoms with Gasteiger partial charge in [0.05, 0.1) is 0 Å². The van der Waals surface area contributed by atoms with Crippen LogP contribution in [0.1, 0.15) is 54.3 Å². The highest BCUT2D eigenvalue weighted by atomic mass is 31.1. The molecule has 1 saturated carbocycles. The highest BCUT2D eigenvalue weighted by Crippen LogP contribution is 2.31. The number of fused-ring (bicyclic) bond motifs is 1. The summed E-state index contributed by atoms with van der Waals surface area (Å²) in [6.07, 6.45) is 5.21. The molecule has 6 heteroatoms. The Bertz CT molecular complexity index is 760. The maximum Gasteiger partial charge on any atom is 0.664 e. The lowest BCUT2D eigenvalue weighted by Crippen LogP contribution is -2.34. The van der Waals surface area contributed by atoms with Gasteiger partial charge in [-0.2, -0.15) is 0 Å². The SMILES string of the molecule is CC.C[C@H](N[P+](=O)Oc1cccc2ccccc12)C(=O)OC1CCCCC1.[HH]. The first-order valence-electron chi connectivity index (χ1n) is 9.73. The summed E-state index contributed by atoms with van der Waals surface area (Å²) >= 11 is 0. The molecule has 1 aliphatic rings. The van der Waals surface area contributed by atoms with E-state index in [0.717, 1.165) is 36.5 Å². The minimum absolute atomic E-state index is 0. The molecule has 148 valence electrons. The van der Waals surface area contributed by atoms with E-state index in [1.165, 1.54) is 6.42 Å². The molecule has 1 unspecified atom stereocenters. The van der Waals surface area contributed by atoms with Gasteiger partial charge >= 0.3 is 14.1 Å². The Morgan fingerprint density at radius 3 is 2.52 bits per heavy atom. The van der Waals surface area contributed by atoms with Crippen molar-refractivity contribution in [3.8, 4) is 5.75 Å². The molecule has 1 fully saturated rings. The summed E-state index contributed by atoms with van der Waals surface area (Å²) in [6.45, 7) is 5.64. The van der Waals surface area contributed by atoms with Crippen molar-refractivity contribution in [1.29, 1.82) is 0 Å². The molecule has 2 atom stereocenters. The van der Waals surface area contributed by atoms with Gasteiger partial charge in [0.15, 0.2) is 5.75 Å². The van der Waals surface area contributed by atoms with E-state index in [9.17, 15) is 9.36 Å². The lowest BCUT2D eigenvalue weighted by atomic mass is 9.98. The average molecular weight is 392 g/mol. The van der Waals surface area contributed by atoms with Gasteiger partial charge in [0.1, 0.15) is 12.1 Å². The van der Waals surface area contributed by atoms with Gasteiger partial charge in [-0.3, -0.25) is 4.79 Å². The van der Waals surface area contributed by atoms with Crippen molar-refractivity contribution in [2.24, 2.45) is 0 Å². The van der Waals surface area contributed by atoms with Crippen molar-refractivity contribution in [2.45, 2.75) is 65.0 Å². The van der Waals surface area contributed by atoms with E-state index < -0.39 is 14.2 Å². The van der Waals surface area contributed by atoms with E-state index in [4.69, 9.17) is 9.26 Å². The summed E-state index contributed by atoms with van der Waals surface area (Å²) in [5, 5.41) is 4.58. The van der Waals surface area contributed by atoms with E-state index in [1.807, 2.05) is 50.2 Å². The number of hydrogen-bond donors (Lipinski definition) is 1. The number of hydrogen-bond acceptors (Lipinski definition) is 4. The largest absolute Gasteiger partial charge is 0.664 e. The molecule has 2 aromatic carbocycles. The van der Waals surface area contributed by atoms with E-state index in [1.54, 1.807) is 13.0 Å². The van der Waals surface area contributed by atoms with Crippen LogP contribution < -0.4 is 9.61 Å². The highest BCUT2D eigenvalue weighted by Gasteiger charge is 2.30. The molecule has 5 nitrogen and oxygen atoms in total. The molecule has 0 radical (unpaired) electrons. The molecule has 1 aliphatic carbocycles. The van der Waals surface area contributed by atoms with E-state index >= 15 is 0 Å². The number of rotatable bonds is 6. The smallest absolute Gasteiger partial charge is 0.461 e. The van der Waals surface area contributed by atoms with Crippen molar-refractivity contribution in [3.63, 3.8) is 0 Å². The summed E-state index contributed by atoms with van der Waals surface area (Å²) in [4.78, 5) is 12.1. The van der Waals surface area contributed by atoms with Crippen LogP contribution in [0.4, 0.5) is 0 Å². The molecule has 0 heterocycles. The zero-order valence-electron chi connectivity index (χ0n) is 16.3. The van der Waals surface area contributed by atoms with Crippen LogP contribution >= 0.6 is 8.18 Å². The third-order valence-electron chi connectivity index (χ3n) is 4.42. The number of carbonyl (C=O) groups excluding carboxylic acids is 1. The zero-order chi connectivity index (χ0) is 19.6. The Labute approximate surface area is 163 Å². The second-order valence-electron chi connectivity index (χ2n) is 6.37. The van der Waals surface area contributed by atoms with Gasteiger partial charge < -0.3 is 4.74 Å². The molecule has 0 bridgehead atoms. The normalized spacial score (nSPS) is 16.0. The fraction of sp³-hybridized carbons (Fsp3) is 0.476. The molecule has 0 aromatic heterocycles. The molecule has 0 aliphatic heterocycles. The fourth-order valence-electron chi connectivity index (χ4n) is 3.05. The molecular formula is C21H31NO4P+. The standard InChI is InChI=1S/C19H23NO4P.C2H6.H2/c1-14(19(21)23-16-10-3-2-4-11-16)20-25(22)24-18-13-7-9-15-8-5-6-12-17(15)18;1-2;/h5-9,12-14,16H,2-4,10-11H2,1H3,(H,20,22);1-2H3;1H/q+1;;/t14-;;/m0../s1. The average Bonchev–Trinajstić information content (AvgIpc) is 2.70. The summed E-state index contributed by atoms with van der Waals surface area (Å²) < 4.78 is 23.3. The second kappa shape index (κ2) is 11.0. The maximum atomic E-state index is 12.3. The Kier molecular flexibility index (Phi) is 8.70. The van der Waals surface area contributed by atoms with Gasteiger partial charge in [0.25, 0.3) is 0 Å². The van der Waals surface area contributed by atoms with Crippen molar-refractivity contribution in [2.75, 3.05) is 0 Å². The third kappa shape index (κ3) is 6.30. The first kappa shape index (κ1) is 21.3. The van der Waals surface area contributed by atoms with Crippen LogP contribution in [0.25, 0.3) is 10.8 Å². The minimum atomic E-state index is -2.23. The van der Waals surface area contributed by atoms with Crippen molar-refractivity contribution in [3.05, 3.63) is 42.5 Å². The van der Waals surface area contributed by atoms with E-state index in [0.29, 0.717) is 5.75 Å². The van der Waals surface area contributed by atoms with Crippen molar-refractivity contribution >= 4 is 24.9 Å². The van der Waals surface area contributed by atoms with Crippen molar-refractivity contribution in [1.82, 2.24) is 5.09 Å². The molecule has 3 rings (SSSR count). The van der Waals surface area contributed by atoms with Crippen LogP contribution in [-0.4, -0.2) is 18.1 Å². The van der Waals surface area contributed by atoms with Crippen LogP contribution in [0.15, 0.2) is 42.5 Å². The summed E-state index contributed by atoms with van der Waals surface area (Å²) in [6, 6.07) is 12.6. The number of ether oxygens (including phenoxy) is 1. The van der Waals surface area contributed by atoms with Gasteiger partial charge in [-0.15, -0.1) is 0 Å². The Balaban J connectivity index is 0.00000127. The lowest BCUT2D eigenvalue weighted by molar-refractivity contribution is -0.152. The number of benzene rings is 2. The Hall–Kier alpha value is -1.97. The quantitative estimate of drug-likeness (QED) is 0.482. The Morgan fingerprint density at radius 1 is 1.11 bits per heavy atom. The van der Waals surface area contributed by atoms with Gasteiger partial charge in [0, 0.05) is 11.4 Å². The molecule has 0 spiro atoms. The van der Waals surface area contributed by atoms with Gasteiger partial charge in [0.2, 0.25) is 0 Å². The highest BCUT2D eigenvalue weighted by molar-refractivity contribution is 7.37. The number of carbonyl (C=O) groups is 1. The molecule has 2 aromatic rings. The van der Waals surface area contributed by atoms with Gasteiger partial charge in [-0.25, -0.2) is 4.52 Å². The summed E-state index contributed by atoms with van der Waals surface area (Å²) in [5.41, 5.74) is 0. The predicted molar refractivity (Wildman–Crippen MR) is 111 cm³/mol. The second-order valence-corrected chi connectivity index (χ2v) is 7.33.